The monoisotopic (exact) mass is 241 g/mol. The maximum Gasteiger partial charge on any atom is 0.153 e. The van der Waals surface area contributed by atoms with Crippen LogP contribution in [0.2, 0.25) is 0 Å². The lowest BCUT2D eigenvalue weighted by Crippen LogP contribution is -1.93. The van der Waals surface area contributed by atoms with Crippen molar-refractivity contribution in [3.05, 3.63) is 47.0 Å². The molecule has 3 rings (SSSR count). The van der Waals surface area contributed by atoms with Crippen molar-refractivity contribution in [3.63, 3.8) is 0 Å². The molecule has 2 aromatic rings. The van der Waals surface area contributed by atoms with Crippen molar-refractivity contribution in [2.75, 3.05) is 0 Å². The highest BCUT2D eigenvalue weighted by atomic mass is 15.2. The van der Waals surface area contributed by atoms with E-state index in [0.717, 1.165) is 18.1 Å². The van der Waals surface area contributed by atoms with Gasteiger partial charge in [0.1, 0.15) is 5.82 Å². The molecule has 1 aliphatic rings. The fraction of sp³-hybridized carbons (Fsp3) is 0.467. The van der Waals surface area contributed by atoms with E-state index >= 15 is 0 Å². The van der Waals surface area contributed by atoms with Crippen LogP contribution in [0.3, 0.4) is 0 Å². The van der Waals surface area contributed by atoms with Gasteiger partial charge in [-0.05, 0) is 29.9 Å². The van der Waals surface area contributed by atoms with Gasteiger partial charge in [0.25, 0.3) is 0 Å². The van der Waals surface area contributed by atoms with Gasteiger partial charge in [0.05, 0.1) is 0 Å². The lowest BCUT2D eigenvalue weighted by Gasteiger charge is -2.05. The van der Waals surface area contributed by atoms with Gasteiger partial charge in [0.15, 0.2) is 5.82 Å². The van der Waals surface area contributed by atoms with Crippen LogP contribution in [0.1, 0.15) is 61.3 Å². The first kappa shape index (κ1) is 11.5. The van der Waals surface area contributed by atoms with Crippen LogP contribution in [-0.4, -0.2) is 15.2 Å². The molecule has 1 aromatic carbocycles. The fourth-order valence-corrected chi connectivity index (χ4v) is 2.13. The Labute approximate surface area is 108 Å². The van der Waals surface area contributed by atoms with E-state index in [0.29, 0.717) is 11.8 Å². The van der Waals surface area contributed by atoms with E-state index in [1.165, 1.54) is 24.0 Å². The number of aromatic nitrogens is 3. The number of nitrogens with one attached hydrogen (secondary N) is 1. The van der Waals surface area contributed by atoms with Gasteiger partial charge in [0, 0.05) is 12.3 Å². The molecule has 0 radical (unpaired) electrons. The predicted molar refractivity (Wildman–Crippen MR) is 71.7 cm³/mol. The zero-order chi connectivity index (χ0) is 12.5. The number of H-pyrrole nitrogens is 1. The van der Waals surface area contributed by atoms with E-state index in [9.17, 15) is 0 Å². The van der Waals surface area contributed by atoms with Crippen molar-refractivity contribution in [2.45, 2.75) is 44.9 Å². The highest BCUT2D eigenvalue weighted by Gasteiger charge is 2.27. The van der Waals surface area contributed by atoms with Gasteiger partial charge >= 0.3 is 0 Å². The molecular weight excluding hydrogens is 222 g/mol. The third-order valence-electron chi connectivity index (χ3n) is 3.51. The third kappa shape index (κ3) is 2.45. The number of benzene rings is 1. The van der Waals surface area contributed by atoms with E-state index < -0.39 is 0 Å². The minimum atomic E-state index is 0.589. The van der Waals surface area contributed by atoms with Crippen molar-refractivity contribution < 1.29 is 0 Å². The molecule has 1 aromatic heterocycles. The molecule has 94 valence electrons. The molecule has 1 N–H and O–H groups in total. The zero-order valence-electron chi connectivity index (χ0n) is 11.0. The lowest BCUT2D eigenvalue weighted by atomic mass is 10.0. The van der Waals surface area contributed by atoms with E-state index in [-0.39, 0.29) is 0 Å². The first-order valence-electron chi connectivity index (χ1n) is 6.72. The lowest BCUT2D eigenvalue weighted by molar-refractivity contribution is 0.864. The van der Waals surface area contributed by atoms with Gasteiger partial charge in [-0.25, -0.2) is 4.98 Å². The first-order chi connectivity index (χ1) is 8.72. The molecule has 1 saturated carbocycles. The standard InChI is InChI=1S/C15H19N3/c1-10(2)12-5-3-11(4-6-12)9-14-16-15(18-17-14)13-7-8-13/h3-6,10,13H,7-9H2,1-2H3,(H,16,17,18). The Morgan fingerprint density at radius 3 is 2.56 bits per heavy atom. The summed E-state index contributed by atoms with van der Waals surface area (Å²) in [5, 5.41) is 7.34. The Morgan fingerprint density at radius 1 is 1.22 bits per heavy atom. The molecule has 1 aliphatic carbocycles. The van der Waals surface area contributed by atoms with E-state index in [1.807, 2.05) is 0 Å². The Bertz CT molecular complexity index is 521. The van der Waals surface area contributed by atoms with Crippen LogP contribution < -0.4 is 0 Å². The summed E-state index contributed by atoms with van der Waals surface area (Å²) in [5.41, 5.74) is 2.67. The third-order valence-corrected chi connectivity index (χ3v) is 3.51. The smallest absolute Gasteiger partial charge is 0.153 e. The number of aromatic amines is 1. The second kappa shape index (κ2) is 4.56. The van der Waals surface area contributed by atoms with Gasteiger partial charge in [-0.1, -0.05) is 38.1 Å². The van der Waals surface area contributed by atoms with Gasteiger partial charge in [0.2, 0.25) is 0 Å². The Kier molecular flexibility index (Phi) is 2.90. The van der Waals surface area contributed by atoms with Gasteiger partial charge in [-0.2, -0.15) is 5.10 Å². The average molecular weight is 241 g/mol. The summed E-state index contributed by atoms with van der Waals surface area (Å²) >= 11 is 0. The van der Waals surface area contributed by atoms with Crippen LogP contribution in [-0.2, 0) is 6.42 Å². The number of hydrogen-bond donors (Lipinski definition) is 1. The van der Waals surface area contributed by atoms with Crippen molar-refractivity contribution in [1.29, 1.82) is 0 Å². The summed E-state index contributed by atoms with van der Waals surface area (Å²) in [5.74, 6) is 3.20. The van der Waals surface area contributed by atoms with Gasteiger partial charge in [-0.3, -0.25) is 5.10 Å². The molecule has 0 saturated heterocycles. The molecule has 0 aliphatic heterocycles. The first-order valence-corrected chi connectivity index (χ1v) is 6.72. The fourth-order valence-electron chi connectivity index (χ4n) is 2.13. The minimum absolute atomic E-state index is 0.589. The van der Waals surface area contributed by atoms with Gasteiger partial charge < -0.3 is 0 Å². The molecule has 18 heavy (non-hydrogen) atoms. The van der Waals surface area contributed by atoms with E-state index in [4.69, 9.17) is 0 Å². The summed E-state index contributed by atoms with van der Waals surface area (Å²) < 4.78 is 0. The summed E-state index contributed by atoms with van der Waals surface area (Å²) in [6.45, 7) is 4.43. The molecule has 0 amide bonds. The molecule has 1 fully saturated rings. The van der Waals surface area contributed by atoms with Crippen LogP contribution in [0, 0.1) is 0 Å². The van der Waals surface area contributed by atoms with Gasteiger partial charge in [-0.15, -0.1) is 0 Å². The van der Waals surface area contributed by atoms with E-state index in [1.54, 1.807) is 0 Å². The molecule has 0 bridgehead atoms. The largest absolute Gasteiger partial charge is 0.263 e. The summed E-state index contributed by atoms with van der Waals surface area (Å²) in [4.78, 5) is 4.56. The summed E-state index contributed by atoms with van der Waals surface area (Å²) in [6, 6.07) is 8.79. The molecule has 3 heteroatoms. The maximum atomic E-state index is 4.56. The molecular formula is C15H19N3. The van der Waals surface area contributed by atoms with Crippen molar-refractivity contribution in [1.82, 2.24) is 15.2 Å². The SMILES string of the molecule is CC(C)c1ccc(Cc2nc(C3CC3)n[nH]2)cc1. The van der Waals surface area contributed by atoms with Crippen molar-refractivity contribution in [3.8, 4) is 0 Å². The highest BCUT2D eigenvalue weighted by Crippen LogP contribution is 2.37. The normalized spacial score (nSPS) is 15.3. The van der Waals surface area contributed by atoms with Crippen molar-refractivity contribution in [2.24, 2.45) is 0 Å². The zero-order valence-corrected chi connectivity index (χ0v) is 11.0. The van der Waals surface area contributed by atoms with Crippen LogP contribution in [0.5, 0.6) is 0 Å². The quantitative estimate of drug-likeness (QED) is 0.891. The second-order valence-corrected chi connectivity index (χ2v) is 5.49. The minimum Gasteiger partial charge on any atom is -0.263 e. The topological polar surface area (TPSA) is 41.6 Å². The summed E-state index contributed by atoms with van der Waals surface area (Å²) in [7, 11) is 0. The highest BCUT2D eigenvalue weighted by molar-refractivity contribution is 5.26. The van der Waals surface area contributed by atoms with Crippen LogP contribution >= 0.6 is 0 Å². The molecule has 3 nitrogen and oxygen atoms in total. The Balaban J connectivity index is 1.70. The number of nitrogens with zero attached hydrogens (tertiary/aromatic N) is 2. The number of rotatable bonds is 4. The van der Waals surface area contributed by atoms with Crippen LogP contribution in [0.4, 0.5) is 0 Å². The predicted octanol–water partition coefficient (Wildman–Crippen LogP) is 3.40. The molecule has 0 atom stereocenters. The average Bonchev–Trinajstić information content (AvgIpc) is 3.11. The second-order valence-electron chi connectivity index (χ2n) is 5.49. The summed E-state index contributed by atoms with van der Waals surface area (Å²) in [6.07, 6.45) is 3.35. The van der Waals surface area contributed by atoms with Crippen LogP contribution in [0.25, 0.3) is 0 Å². The molecule has 1 heterocycles. The maximum absolute atomic E-state index is 4.56. The van der Waals surface area contributed by atoms with E-state index in [2.05, 4.69) is 53.3 Å². The van der Waals surface area contributed by atoms with Crippen LogP contribution in [0.15, 0.2) is 24.3 Å². The Hall–Kier alpha value is -1.64. The molecule has 0 spiro atoms. The number of hydrogen-bond acceptors (Lipinski definition) is 2. The molecule has 0 unspecified atom stereocenters. The van der Waals surface area contributed by atoms with Crippen molar-refractivity contribution >= 4 is 0 Å². The Morgan fingerprint density at radius 2 is 1.94 bits per heavy atom.